The summed E-state index contributed by atoms with van der Waals surface area (Å²) in [5, 5.41) is 11.1. The molecule has 0 bridgehead atoms. The Morgan fingerprint density at radius 3 is 2.71 bits per heavy atom. The van der Waals surface area contributed by atoms with E-state index in [-0.39, 0.29) is 17.5 Å². The highest BCUT2D eigenvalue weighted by atomic mass is 16.6. The van der Waals surface area contributed by atoms with Crippen LogP contribution < -0.4 is 4.90 Å². The average Bonchev–Trinajstić information content (AvgIpc) is 2.47. The quantitative estimate of drug-likeness (QED) is 0.640. The van der Waals surface area contributed by atoms with E-state index < -0.39 is 0 Å². The van der Waals surface area contributed by atoms with Crippen LogP contribution in [-0.2, 0) is 6.42 Å². The largest absolute Gasteiger partial charge is 0.358 e. The molecule has 1 atom stereocenters. The van der Waals surface area contributed by atoms with Gasteiger partial charge in [0.15, 0.2) is 0 Å². The molecule has 2 aromatic carbocycles. The summed E-state index contributed by atoms with van der Waals surface area (Å²) in [6.45, 7) is 2.82. The van der Waals surface area contributed by atoms with Gasteiger partial charge < -0.3 is 4.90 Å². The lowest BCUT2D eigenvalue weighted by atomic mass is 9.90. The summed E-state index contributed by atoms with van der Waals surface area (Å²) < 4.78 is 0. The number of para-hydroxylation sites is 1. The summed E-state index contributed by atoms with van der Waals surface area (Å²) in [7, 11) is 0. The first kappa shape index (κ1) is 13.6. The average molecular weight is 282 g/mol. The second-order valence-corrected chi connectivity index (χ2v) is 5.51. The van der Waals surface area contributed by atoms with Gasteiger partial charge in [0, 0.05) is 17.2 Å². The molecule has 4 nitrogen and oxygen atoms in total. The Bertz CT molecular complexity index is 655. The maximum atomic E-state index is 11.1. The summed E-state index contributed by atoms with van der Waals surface area (Å²) in [6, 6.07) is 16.0. The predicted molar refractivity (Wildman–Crippen MR) is 83.3 cm³/mol. The van der Waals surface area contributed by atoms with Crippen molar-refractivity contribution in [2.24, 2.45) is 0 Å². The molecule has 0 saturated heterocycles. The molecule has 4 heteroatoms. The molecule has 0 saturated carbocycles. The third kappa shape index (κ3) is 2.75. The Balaban J connectivity index is 2.02. The fourth-order valence-corrected chi connectivity index (χ4v) is 3.11. The van der Waals surface area contributed by atoms with Crippen molar-refractivity contribution in [3.8, 4) is 0 Å². The molecule has 1 aliphatic heterocycles. The minimum Gasteiger partial charge on any atom is -0.358 e. The van der Waals surface area contributed by atoms with Crippen LogP contribution in [-0.4, -0.2) is 18.0 Å². The van der Waals surface area contributed by atoms with Crippen molar-refractivity contribution < 1.29 is 4.92 Å². The number of hydrogen-bond donors (Lipinski definition) is 0. The van der Waals surface area contributed by atoms with E-state index in [0.717, 1.165) is 24.2 Å². The van der Waals surface area contributed by atoms with Gasteiger partial charge in [-0.05, 0) is 36.6 Å². The Morgan fingerprint density at radius 2 is 2.00 bits per heavy atom. The van der Waals surface area contributed by atoms with Crippen LogP contribution in [0.1, 0.15) is 22.7 Å². The van der Waals surface area contributed by atoms with Gasteiger partial charge >= 0.3 is 0 Å². The smallest absolute Gasteiger partial charge is 0.228 e. The van der Waals surface area contributed by atoms with Crippen LogP contribution in [0.4, 0.5) is 5.69 Å². The maximum absolute atomic E-state index is 11.1. The summed E-state index contributed by atoms with van der Waals surface area (Å²) in [6.07, 6.45) is 0.931. The summed E-state index contributed by atoms with van der Waals surface area (Å²) in [4.78, 5) is 13.0. The molecule has 3 rings (SSSR count). The zero-order valence-electron chi connectivity index (χ0n) is 12.0. The molecule has 1 aliphatic rings. The van der Waals surface area contributed by atoms with Gasteiger partial charge in [0.05, 0.1) is 0 Å². The molecular formula is C17H18N2O2. The van der Waals surface area contributed by atoms with Crippen molar-refractivity contribution in [2.75, 3.05) is 18.0 Å². The monoisotopic (exact) mass is 282 g/mol. The van der Waals surface area contributed by atoms with E-state index >= 15 is 0 Å². The molecule has 21 heavy (non-hydrogen) atoms. The van der Waals surface area contributed by atoms with Gasteiger partial charge in [-0.3, -0.25) is 10.1 Å². The number of nitrogens with zero attached hydrogens (tertiary/aromatic N) is 2. The first-order valence-corrected chi connectivity index (χ1v) is 7.18. The second-order valence-electron chi connectivity index (χ2n) is 5.51. The van der Waals surface area contributed by atoms with E-state index in [1.54, 1.807) is 0 Å². The molecule has 0 aromatic heterocycles. The predicted octanol–water partition coefficient (Wildman–Crippen LogP) is 3.38. The van der Waals surface area contributed by atoms with E-state index in [9.17, 15) is 10.1 Å². The minimum atomic E-state index is -0.213. The van der Waals surface area contributed by atoms with Crippen LogP contribution in [0.25, 0.3) is 0 Å². The molecular weight excluding hydrogens is 264 g/mol. The van der Waals surface area contributed by atoms with Crippen LogP contribution in [0.3, 0.4) is 0 Å². The van der Waals surface area contributed by atoms with E-state index in [4.69, 9.17) is 0 Å². The number of anilines is 1. The van der Waals surface area contributed by atoms with Gasteiger partial charge in [-0.2, -0.15) is 0 Å². The van der Waals surface area contributed by atoms with Gasteiger partial charge in [-0.15, -0.1) is 0 Å². The van der Waals surface area contributed by atoms with Crippen molar-refractivity contribution >= 4 is 5.69 Å². The Labute approximate surface area is 124 Å². The zero-order chi connectivity index (χ0) is 14.8. The van der Waals surface area contributed by atoms with E-state index in [0.29, 0.717) is 0 Å². The number of aryl methyl sites for hydroxylation is 1. The Morgan fingerprint density at radius 1 is 1.24 bits per heavy atom. The molecule has 108 valence electrons. The normalized spacial score (nSPS) is 17.4. The molecule has 1 heterocycles. The zero-order valence-corrected chi connectivity index (χ0v) is 12.0. The lowest BCUT2D eigenvalue weighted by Crippen LogP contribution is -2.39. The summed E-state index contributed by atoms with van der Waals surface area (Å²) in [5.41, 5.74) is 4.60. The minimum absolute atomic E-state index is 0.0645. The molecule has 0 amide bonds. The van der Waals surface area contributed by atoms with Crippen molar-refractivity contribution in [2.45, 2.75) is 19.4 Å². The van der Waals surface area contributed by atoms with Gasteiger partial charge in [0.25, 0.3) is 0 Å². The lowest BCUT2D eigenvalue weighted by Gasteiger charge is -2.37. The SMILES string of the molecule is Cc1ccc2c(c1)CCN(c1ccccc1)C2C[N+](=O)[O-]. The van der Waals surface area contributed by atoms with E-state index in [2.05, 4.69) is 17.9 Å². The highest BCUT2D eigenvalue weighted by molar-refractivity contribution is 5.52. The molecule has 0 aliphatic carbocycles. The molecule has 0 spiro atoms. The van der Waals surface area contributed by atoms with Gasteiger partial charge in [0.1, 0.15) is 6.04 Å². The van der Waals surface area contributed by atoms with Crippen LogP contribution in [0.2, 0.25) is 0 Å². The first-order valence-electron chi connectivity index (χ1n) is 7.18. The van der Waals surface area contributed by atoms with Crippen LogP contribution in [0.5, 0.6) is 0 Å². The van der Waals surface area contributed by atoms with E-state index in [1.165, 1.54) is 11.1 Å². The Kier molecular flexibility index (Phi) is 3.60. The van der Waals surface area contributed by atoms with Crippen molar-refractivity contribution in [1.82, 2.24) is 0 Å². The number of nitro groups is 1. The van der Waals surface area contributed by atoms with Gasteiger partial charge in [0.2, 0.25) is 6.54 Å². The molecule has 0 fully saturated rings. The number of rotatable bonds is 3. The standard InChI is InChI=1S/C17H18N2O2/c1-13-7-8-16-14(11-13)9-10-18(17(16)12-19(20)21)15-5-3-2-4-6-15/h2-8,11,17H,9-10,12H2,1H3. The van der Waals surface area contributed by atoms with Gasteiger partial charge in [-0.1, -0.05) is 42.0 Å². The van der Waals surface area contributed by atoms with Crippen LogP contribution >= 0.6 is 0 Å². The summed E-state index contributed by atoms with van der Waals surface area (Å²) >= 11 is 0. The molecule has 1 unspecified atom stereocenters. The molecule has 0 radical (unpaired) electrons. The molecule has 0 N–H and O–H groups in total. The first-order chi connectivity index (χ1) is 10.1. The van der Waals surface area contributed by atoms with Crippen LogP contribution in [0.15, 0.2) is 48.5 Å². The molecule has 2 aromatic rings. The Hall–Kier alpha value is -2.36. The van der Waals surface area contributed by atoms with Crippen molar-refractivity contribution in [3.63, 3.8) is 0 Å². The van der Waals surface area contributed by atoms with Crippen LogP contribution in [0, 0.1) is 17.0 Å². The maximum Gasteiger partial charge on any atom is 0.228 e. The second kappa shape index (κ2) is 5.56. The van der Waals surface area contributed by atoms with E-state index in [1.807, 2.05) is 42.5 Å². The third-order valence-corrected chi connectivity index (χ3v) is 4.07. The van der Waals surface area contributed by atoms with Crippen molar-refractivity contribution in [3.05, 3.63) is 75.3 Å². The highest BCUT2D eigenvalue weighted by Crippen LogP contribution is 2.34. The van der Waals surface area contributed by atoms with Crippen molar-refractivity contribution in [1.29, 1.82) is 0 Å². The fraction of sp³-hybridized carbons (Fsp3) is 0.294. The topological polar surface area (TPSA) is 46.4 Å². The lowest BCUT2D eigenvalue weighted by molar-refractivity contribution is -0.483. The number of benzene rings is 2. The third-order valence-electron chi connectivity index (χ3n) is 4.07. The number of hydrogen-bond acceptors (Lipinski definition) is 3. The summed E-state index contributed by atoms with van der Waals surface area (Å²) in [5.74, 6) is 0. The number of fused-ring (bicyclic) bond motifs is 1. The van der Waals surface area contributed by atoms with Gasteiger partial charge in [-0.25, -0.2) is 0 Å². The highest BCUT2D eigenvalue weighted by Gasteiger charge is 2.31. The fourth-order valence-electron chi connectivity index (χ4n) is 3.11.